The number of rotatable bonds is 5. The van der Waals surface area contributed by atoms with E-state index in [1.165, 1.54) is 11.3 Å². The molecule has 0 unspecified atom stereocenters. The second-order valence-electron chi connectivity index (χ2n) is 5.06. The summed E-state index contributed by atoms with van der Waals surface area (Å²) in [6.07, 6.45) is 3.98. The fraction of sp³-hybridized carbons (Fsp3) is 0.235. The quantitative estimate of drug-likeness (QED) is 0.778. The van der Waals surface area contributed by atoms with Crippen LogP contribution in [-0.2, 0) is 0 Å². The molecule has 0 fully saturated rings. The number of nitrogens with one attached hydrogen (secondary N) is 1. The van der Waals surface area contributed by atoms with E-state index in [1.54, 1.807) is 11.1 Å². The average molecular weight is 324 g/mol. The smallest absolute Gasteiger partial charge is 0.263 e. The van der Waals surface area contributed by atoms with E-state index in [2.05, 4.69) is 16.0 Å². The molecule has 5 nitrogen and oxygen atoms in total. The lowest BCUT2D eigenvalue weighted by Crippen LogP contribution is -2.31. The number of thiophene rings is 1. The molecule has 0 radical (unpaired) electrons. The molecule has 0 aliphatic carbocycles. The normalized spacial score (nSPS) is 10.6. The molecular weight excluding hydrogens is 308 g/mol. The number of nitriles is 1. The first-order valence-corrected chi connectivity index (χ1v) is 8.24. The van der Waals surface area contributed by atoms with Gasteiger partial charge in [0.25, 0.3) is 5.91 Å². The number of hydrogen-bond donors (Lipinski definition) is 1. The summed E-state index contributed by atoms with van der Waals surface area (Å²) >= 11 is 1.47. The topological polar surface area (TPSA) is 72.8 Å². The minimum absolute atomic E-state index is 0.0154. The number of amides is 1. The van der Waals surface area contributed by atoms with Gasteiger partial charge in [-0.25, -0.2) is 4.98 Å². The van der Waals surface area contributed by atoms with Crippen LogP contribution in [0.25, 0.3) is 21.5 Å². The summed E-state index contributed by atoms with van der Waals surface area (Å²) in [7, 11) is 0. The summed E-state index contributed by atoms with van der Waals surface area (Å²) in [4.78, 5) is 23.4. The molecular formula is C17H16N4OS. The lowest BCUT2D eigenvalue weighted by molar-refractivity contribution is 0.0772. The van der Waals surface area contributed by atoms with Gasteiger partial charge in [0.2, 0.25) is 0 Å². The third-order valence-electron chi connectivity index (χ3n) is 3.70. The van der Waals surface area contributed by atoms with Crippen molar-refractivity contribution in [2.45, 2.75) is 13.3 Å². The number of aromatic amines is 1. The van der Waals surface area contributed by atoms with Gasteiger partial charge < -0.3 is 9.88 Å². The van der Waals surface area contributed by atoms with Crippen molar-refractivity contribution in [3.05, 3.63) is 41.5 Å². The van der Waals surface area contributed by atoms with Crippen LogP contribution in [0.2, 0.25) is 0 Å². The molecule has 0 aliphatic heterocycles. The highest BCUT2D eigenvalue weighted by Gasteiger charge is 2.17. The summed E-state index contributed by atoms with van der Waals surface area (Å²) in [5.74, 6) is -0.0154. The maximum absolute atomic E-state index is 12.5. The molecule has 0 aliphatic rings. The number of pyridine rings is 1. The van der Waals surface area contributed by atoms with Crippen LogP contribution in [0.5, 0.6) is 0 Å². The van der Waals surface area contributed by atoms with Gasteiger partial charge in [-0.15, -0.1) is 11.3 Å². The van der Waals surface area contributed by atoms with Crippen molar-refractivity contribution in [2.24, 2.45) is 0 Å². The van der Waals surface area contributed by atoms with E-state index < -0.39 is 0 Å². The van der Waals surface area contributed by atoms with E-state index in [0.29, 0.717) is 24.4 Å². The molecule has 3 aromatic heterocycles. The van der Waals surface area contributed by atoms with Gasteiger partial charge in [0.1, 0.15) is 5.65 Å². The highest BCUT2D eigenvalue weighted by molar-refractivity contribution is 7.17. The standard InChI is InChI=1S/C17H16N4OS/c1-2-21(11-3-8-18)17(22)15-5-4-14(23-15)12-6-9-19-16-13(12)7-10-20-16/h4-7,9-10H,2-3,11H2,1H3,(H,19,20). The maximum Gasteiger partial charge on any atom is 0.263 e. The van der Waals surface area contributed by atoms with Crippen LogP contribution in [0.4, 0.5) is 0 Å². The molecule has 0 spiro atoms. The Morgan fingerprint density at radius 1 is 1.39 bits per heavy atom. The summed E-state index contributed by atoms with van der Waals surface area (Å²) in [6.45, 7) is 3.00. The van der Waals surface area contributed by atoms with E-state index in [-0.39, 0.29) is 5.91 Å². The molecule has 1 amide bonds. The van der Waals surface area contributed by atoms with Crippen LogP contribution in [-0.4, -0.2) is 33.9 Å². The van der Waals surface area contributed by atoms with Gasteiger partial charge in [-0.2, -0.15) is 5.26 Å². The van der Waals surface area contributed by atoms with E-state index in [9.17, 15) is 4.79 Å². The predicted molar refractivity (Wildman–Crippen MR) is 91.2 cm³/mol. The molecule has 3 rings (SSSR count). The zero-order valence-corrected chi connectivity index (χ0v) is 13.6. The number of carbonyl (C=O) groups is 1. The monoisotopic (exact) mass is 324 g/mol. The number of hydrogen-bond acceptors (Lipinski definition) is 4. The van der Waals surface area contributed by atoms with Gasteiger partial charge in [0.05, 0.1) is 17.4 Å². The molecule has 23 heavy (non-hydrogen) atoms. The van der Waals surface area contributed by atoms with Crippen molar-refractivity contribution >= 4 is 28.3 Å². The SMILES string of the molecule is CCN(CCC#N)C(=O)c1ccc(-c2ccnc3[nH]ccc23)s1. The Morgan fingerprint density at radius 2 is 2.26 bits per heavy atom. The number of H-pyrrole nitrogens is 1. The number of aromatic nitrogens is 2. The molecule has 3 heterocycles. The fourth-order valence-electron chi connectivity index (χ4n) is 2.52. The minimum Gasteiger partial charge on any atom is -0.346 e. The van der Waals surface area contributed by atoms with Crippen molar-refractivity contribution < 1.29 is 4.79 Å². The van der Waals surface area contributed by atoms with Crippen LogP contribution < -0.4 is 0 Å². The van der Waals surface area contributed by atoms with Crippen LogP contribution >= 0.6 is 11.3 Å². The first kappa shape index (κ1) is 15.3. The van der Waals surface area contributed by atoms with Gasteiger partial charge in [-0.05, 0) is 31.2 Å². The summed E-state index contributed by atoms with van der Waals surface area (Å²) in [5.41, 5.74) is 1.91. The molecule has 0 saturated heterocycles. The van der Waals surface area contributed by atoms with Crippen LogP contribution in [0, 0.1) is 11.3 Å². The molecule has 116 valence electrons. The molecule has 1 N–H and O–H groups in total. The van der Waals surface area contributed by atoms with Crippen LogP contribution in [0.3, 0.4) is 0 Å². The molecule has 0 saturated carbocycles. The van der Waals surface area contributed by atoms with Crippen molar-refractivity contribution in [2.75, 3.05) is 13.1 Å². The molecule has 3 aromatic rings. The second kappa shape index (κ2) is 6.63. The van der Waals surface area contributed by atoms with E-state index in [0.717, 1.165) is 21.5 Å². The number of carbonyl (C=O) groups excluding carboxylic acids is 1. The Hall–Kier alpha value is -2.65. The third kappa shape index (κ3) is 2.96. The first-order valence-electron chi connectivity index (χ1n) is 7.43. The summed E-state index contributed by atoms with van der Waals surface area (Å²) in [6, 6.07) is 9.87. The molecule has 6 heteroatoms. The fourth-order valence-corrected chi connectivity index (χ4v) is 3.53. The lowest BCUT2D eigenvalue weighted by Gasteiger charge is -2.18. The molecule has 0 atom stereocenters. The number of nitrogens with zero attached hydrogens (tertiary/aromatic N) is 3. The predicted octanol–water partition coefficient (Wildman–Crippen LogP) is 3.67. The van der Waals surface area contributed by atoms with Gasteiger partial charge in [-0.3, -0.25) is 4.79 Å². The van der Waals surface area contributed by atoms with Crippen molar-refractivity contribution in [1.82, 2.24) is 14.9 Å². The van der Waals surface area contributed by atoms with Crippen molar-refractivity contribution in [3.8, 4) is 16.5 Å². The van der Waals surface area contributed by atoms with Gasteiger partial charge >= 0.3 is 0 Å². The zero-order chi connectivity index (χ0) is 16.2. The Bertz CT molecular complexity index is 874. The Morgan fingerprint density at radius 3 is 3.04 bits per heavy atom. The first-order chi connectivity index (χ1) is 11.2. The van der Waals surface area contributed by atoms with Crippen LogP contribution in [0.1, 0.15) is 23.0 Å². The largest absolute Gasteiger partial charge is 0.346 e. The Labute approximate surface area is 138 Å². The molecule has 0 bridgehead atoms. The van der Waals surface area contributed by atoms with E-state index in [4.69, 9.17) is 5.26 Å². The maximum atomic E-state index is 12.5. The van der Waals surface area contributed by atoms with Crippen molar-refractivity contribution in [1.29, 1.82) is 5.26 Å². The van der Waals surface area contributed by atoms with E-state index in [1.807, 2.05) is 37.4 Å². The highest BCUT2D eigenvalue weighted by Crippen LogP contribution is 2.33. The second-order valence-corrected chi connectivity index (χ2v) is 6.14. The summed E-state index contributed by atoms with van der Waals surface area (Å²) in [5, 5.41) is 9.75. The van der Waals surface area contributed by atoms with Crippen molar-refractivity contribution in [3.63, 3.8) is 0 Å². The van der Waals surface area contributed by atoms with Gasteiger partial charge in [0, 0.05) is 41.3 Å². The average Bonchev–Trinajstić information content (AvgIpc) is 3.24. The Kier molecular flexibility index (Phi) is 4.40. The summed E-state index contributed by atoms with van der Waals surface area (Å²) < 4.78 is 0. The minimum atomic E-state index is -0.0154. The highest BCUT2D eigenvalue weighted by atomic mass is 32.1. The number of fused-ring (bicyclic) bond motifs is 1. The van der Waals surface area contributed by atoms with Gasteiger partial charge in [-0.1, -0.05) is 0 Å². The van der Waals surface area contributed by atoms with Crippen LogP contribution in [0.15, 0.2) is 36.7 Å². The third-order valence-corrected chi connectivity index (χ3v) is 4.81. The zero-order valence-electron chi connectivity index (χ0n) is 12.7. The Balaban J connectivity index is 1.90. The van der Waals surface area contributed by atoms with Gasteiger partial charge in [0.15, 0.2) is 0 Å². The molecule has 0 aromatic carbocycles. The lowest BCUT2D eigenvalue weighted by atomic mass is 10.1. The van der Waals surface area contributed by atoms with E-state index >= 15 is 0 Å².